The average molecular weight is 2050 g/mol. The Morgan fingerprint density at radius 3 is 0.730 bits per heavy atom. The van der Waals surface area contributed by atoms with Crippen molar-refractivity contribution in [1.29, 1.82) is 0 Å². The largest absolute Gasteiger partial charge is 0.487 e. The second-order valence-electron chi connectivity index (χ2n) is 36.1. The van der Waals surface area contributed by atoms with Crippen molar-refractivity contribution in [2.75, 3.05) is 301 Å². The third kappa shape index (κ3) is 30.9. The summed E-state index contributed by atoms with van der Waals surface area (Å²) in [6, 6.07) is 44.3. The van der Waals surface area contributed by atoms with Crippen molar-refractivity contribution >= 4 is 101 Å². The van der Waals surface area contributed by atoms with Crippen LogP contribution >= 0.6 is 0 Å². The van der Waals surface area contributed by atoms with Crippen LogP contribution in [-0.2, 0) is 96.1 Å². The Morgan fingerprint density at radius 1 is 0.243 bits per heavy atom. The predicted octanol–water partition coefficient (Wildman–Crippen LogP) is 16.4. The summed E-state index contributed by atoms with van der Waals surface area (Å²) in [7, 11) is 9.57. The van der Waals surface area contributed by atoms with Crippen LogP contribution in [-0.4, -0.2) is 316 Å². The first kappa shape index (κ1) is 113. The number of benzene rings is 11. The van der Waals surface area contributed by atoms with E-state index in [1.54, 1.807) is 128 Å². The molecule has 0 atom stereocenters. The van der Waals surface area contributed by atoms with Gasteiger partial charge in [-0.25, -0.2) is 9.80 Å². The molecule has 0 radical (unpaired) electrons. The number of nitrogens with zero attached hydrogens (tertiary/aromatic N) is 2. The molecule has 0 bridgehead atoms. The maximum atomic E-state index is 16.1. The number of anilines is 4. The number of fused-ring (bicyclic) bond motifs is 2. The first-order chi connectivity index (χ1) is 72.1. The first-order valence-electron chi connectivity index (χ1n) is 49.5. The zero-order chi connectivity index (χ0) is 105. The lowest BCUT2D eigenvalue weighted by Crippen LogP contribution is -2.40. The highest BCUT2D eigenvalue weighted by Gasteiger charge is 2.41. The number of imide groups is 2. The molecule has 2 N–H and O–H groups in total. The van der Waals surface area contributed by atoms with Crippen molar-refractivity contribution in [3.8, 4) is 57.5 Å². The Labute approximate surface area is 861 Å². The third-order valence-electron chi connectivity index (χ3n) is 23.7. The maximum Gasteiger partial charge on any atom is 0.266 e. The quantitative estimate of drug-likeness (QED) is 0.0155. The summed E-state index contributed by atoms with van der Waals surface area (Å²) in [6.07, 6.45) is 0. The fourth-order valence-electron chi connectivity index (χ4n) is 16.3. The number of ether oxygens (including phenoxy) is 26. The Morgan fingerprint density at radius 2 is 0.480 bits per heavy atom. The predicted molar refractivity (Wildman–Crippen MR) is 556 cm³/mol. The van der Waals surface area contributed by atoms with Gasteiger partial charge >= 0.3 is 0 Å². The molecule has 6 amide bonds. The van der Waals surface area contributed by atoms with Crippen molar-refractivity contribution in [1.82, 2.24) is 0 Å². The van der Waals surface area contributed by atoms with Gasteiger partial charge in [-0.3, -0.25) is 28.8 Å². The highest BCUT2D eigenvalue weighted by molar-refractivity contribution is 6.46. The molecular formula is C112H136N4O32. The molecule has 36 nitrogen and oxygen atoms in total. The highest BCUT2D eigenvalue weighted by Crippen LogP contribution is 2.54. The third-order valence-corrected chi connectivity index (χ3v) is 23.7. The van der Waals surface area contributed by atoms with E-state index in [1.807, 2.05) is 48.5 Å². The normalized spacial score (nSPS) is 12.6. The summed E-state index contributed by atoms with van der Waals surface area (Å²) in [5.74, 6) is -1.59. The molecule has 36 heteroatoms. The van der Waals surface area contributed by atoms with Crippen LogP contribution in [0.5, 0.6) is 57.5 Å². The van der Waals surface area contributed by atoms with Crippen LogP contribution in [0.1, 0.15) is 115 Å². The molecule has 0 aromatic heterocycles. The van der Waals surface area contributed by atoms with Crippen molar-refractivity contribution in [2.45, 2.75) is 52.4 Å². The number of methoxy groups -OCH3 is 6. The smallest absolute Gasteiger partial charge is 0.266 e. The standard InChI is InChI=1S/C112H136N4O32/c1-111(2,3)77-13-25-83(26-14-77)147-91-73-89-97-87(107(119)115(109(89)121)81-21-17-79(18-22-81)113-105(117)75-69-93(141-63-57-135-51-45-129-39-33-123-7)103(145-67-61-139-55-49-133-43-37-127-11)94(70-75)142-64-58-136-52-46-130-40-34-124-8)32-30-86-100-92(148-84-27-15-78(16-28-84)112(4,5)6)74-90-98-88(31-29-85(102(98)100)99(91)101(86)97)108(120)116(110(90)122)82-23-19-80(20-24-82)114-106(118)76-71-95(143-65-59-137-53-47-131-41-35-125-9)104(146-68-62-140-56-50-134-44-38-128-12)96(72-76)144-66-60-138-54-48-132-42-36-126-10/h13-32,69-74H,33-68H2,1-12H3,(H,113,117)(H,114,118). The van der Waals surface area contributed by atoms with Gasteiger partial charge in [0.15, 0.2) is 23.0 Å². The zero-order valence-electron chi connectivity index (χ0n) is 86.4. The number of nitrogens with one attached hydrogen (secondary N) is 2. The molecule has 0 fully saturated rings. The van der Waals surface area contributed by atoms with Gasteiger partial charge in [0.05, 0.1) is 221 Å². The van der Waals surface area contributed by atoms with Crippen molar-refractivity contribution in [2.24, 2.45) is 0 Å². The SMILES string of the molecule is COCCOCCOCCOc1cc(C(=O)Nc2ccc(N3C(=O)c4ccc5c6c(Oc7ccc(C(C)(C)C)cc7)cc7c8c(ccc(c9c(Oc%10ccc(C(C)(C)C)cc%10)cc(c4c59)C3=O)c86)C(=O)N(c3ccc(NC(=O)c4cc(OCCOCCOCCOC)c(OCCOCCOCCOC)c(OCCOCCOCCOC)c4)cc3)C7=O)cc2)cc(OCCOCCOCCOC)c1OCCOCCOCCOC. The monoisotopic (exact) mass is 2050 g/mol. The number of carbonyl (C=O) groups is 6. The number of hydrogen-bond donors (Lipinski definition) is 2. The summed E-state index contributed by atoms with van der Waals surface area (Å²) in [5, 5.41) is 9.45. The van der Waals surface area contributed by atoms with Gasteiger partial charge in [0.1, 0.15) is 62.6 Å². The fourth-order valence-corrected chi connectivity index (χ4v) is 16.3. The second kappa shape index (κ2) is 58.0. The fraction of sp³-hybridized carbons (Fsp3) is 0.446. The first-order valence-corrected chi connectivity index (χ1v) is 49.5. The number of rotatable bonds is 70. The van der Waals surface area contributed by atoms with Gasteiger partial charge in [-0.1, -0.05) is 77.9 Å². The van der Waals surface area contributed by atoms with Crippen LogP contribution in [0.25, 0.3) is 43.1 Å². The van der Waals surface area contributed by atoms with Crippen molar-refractivity contribution in [3.05, 3.63) is 202 Å². The van der Waals surface area contributed by atoms with Crippen LogP contribution in [0.3, 0.4) is 0 Å². The summed E-state index contributed by atoms with van der Waals surface area (Å²) in [5.41, 5.74) is 3.28. The molecule has 13 rings (SSSR count). The van der Waals surface area contributed by atoms with E-state index in [0.717, 1.165) is 20.9 Å². The lowest BCUT2D eigenvalue weighted by Gasteiger charge is -2.31. The number of amides is 6. The van der Waals surface area contributed by atoms with Gasteiger partial charge in [-0.15, -0.1) is 0 Å². The Balaban J connectivity index is 0.827. The van der Waals surface area contributed by atoms with Crippen molar-refractivity contribution in [3.63, 3.8) is 0 Å². The summed E-state index contributed by atoms with van der Waals surface area (Å²) >= 11 is 0. The molecular weight excluding hydrogens is 1910 g/mol. The molecule has 148 heavy (non-hydrogen) atoms. The molecule has 2 aliphatic heterocycles. The van der Waals surface area contributed by atoms with E-state index >= 15 is 19.2 Å². The van der Waals surface area contributed by atoms with E-state index in [4.69, 9.17) is 123 Å². The summed E-state index contributed by atoms with van der Waals surface area (Å²) in [6.45, 7) is 22.6. The van der Waals surface area contributed by atoms with E-state index in [1.165, 1.54) is 24.3 Å². The number of hydrogen-bond acceptors (Lipinski definition) is 32. The minimum absolute atomic E-state index is 0.0363. The Kier molecular flexibility index (Phi) is 44.2. The van der Waals surface area contributed by atoms with Gasteiger partial charge in [0.2, 0.25) is 11.5 Å². The van der Waals surface area contributed by atoms with E-state index in [9.17, 15) is 9.59 Å². The van der Waals surface area contributed by atoms with Gasteiger partial charge in [0.25, 0.3) is 35.4 Å². The van der Waals surface area contributed by atoms with Gasteiger partial charge in [0, 0.05) is 109 Å². The molecule has 2 aliphatic rings. The van der Waals surface area contributed by atoms with Crippen LogP contribution in [0.15, 0.2) is 158 Å². The maximum absolute atomic E-state index is 16.1. The molecule has 0 unspecified atom stereocenters. The van der Waals surface area contributed by atoms with E-state index in [-0.39, 0.29) is 207 Å². The van der Waals surface area contributed by atoms with Gasteiger partial charge in [-0.05, 0) is 154 Å². The van der Waals surface area contributed by atoms with Crippen LogP contribution < -0.4 is 58.3 Å². The van der Waals surface area contributed by atoms with Gasteiger partial charge < -0.3 is 134 Å². The van der Waals surface area contributed by atoms with Crippen molar-refractivity contribution < 1.29 is 152 Å². The molecule has 0 saturated carbocycles. The second-order valence-corrected chi connectivity index (χ2v) is 36.1. The Hall–Kier alpha value is -12.4. The van der Waals surface area contributed by atoms with E-state index in [2.05, 4.69) is 52.2 Å². The zero-order valence-corrected chi connectivity index (χ0v) is 86.4. The average Bonchev–Trinajstić information content (AvgIpc) is 0.676. The molecule has 0 spiro atoms. The van der Waals surface area contributed by atoms with Gasteiger partial charge in [-0.2, -0.15) is 0 Å². The highest BCUT2D eigenvalue weighted by atomic mass is 16.6. The number of carbonyl (C=O) groups excluding carboxylic acids is 6. The van der Waals surface area contributed by atoms with E-state index < -0.39 is 35.4 Å². The molecule has 11 aromatic carbocycles. The molecule has 11 aromatic rings. The lowest BCUT2D eigenvalue weighted by atomic mass is 9.81. The summed E-state index contributed by atoms with van der Waals surface area (Å²) in [4.78, 5) is 95.6. The van der Waals surface area contributed by atoms with Crippen LogP contribution in [0, 0.1) is 0 Å². The minimum atomic E-state index is -0.693. The molecule has 796 valence electrons. The lowest BCUT2D eigenvalue weighted by molar-refractivity contribution is 0.0146. The molecule has 0 aliphatic carbocycles. The molecule has 2 heterocycles. The minimum Gasteiger partial charge on any atom is -0.487 e. The Bertz CT molecular complexity index is 5660. The van der Waals surface area contributed by atoms with Crippen LogP contribution in [0.4, 0.5) is 22.7 Å². The topological polar surface area (TPSA) is 373 Å². The van der Waals surface area contributed by atoms with Crippen LogP contribution in [0.2, 0.25) is 0 Å². The molecule has 0 saturated heterocycles. The van der Waals surface area contributed by atoms with E-state index in [0.29, 0.717) is 198 Å². The summed E-state index contributed by atoms with van der Waals surface area (Å²) < 4.78 is 151.